The molecule has 100 valence electrons. The molecule has 0 aliphatic carbocycles. The first-order chi connectivity index (χ1) is 8.54. The monoisotopic (exact) mass is 253 g/mol. The van der Waals surface area contributed by atoms with Crippen molar-refractivity contribution in [1.82, 2.24) is 0 Å². The third kappa shape index (κ3) is 3.43. The minimum Gasteiger partial charge on any atom is -0.398 e. The number of ether oxygens (including phenoxy) is 2. The van der Waals surface area contributed by atoms with Crippen LogP contribution in [0.1, 0.15) is 32.3 Å². The van der Waals surface area contributed by atoms with Crippen molar-refractivity contribution < 1.29 is 13.9 Å². The highest BCUT2D eigenvalue weighted by molar-refractivity contribution is 5.46. The molecule has 0 bridgehead atoms. The first kappa shape index (κ1) is 13.3. The van der Waals surface area contributed by atoms with Crippen LogP contribution in [0.3, 0.4) is 0 Å². The molecule has 18 heavy (non-hydrogen) atoms. The van der Waals surface area contributed by atoms with Gasteiger partial charge in [0.2, 0.25) is 0 Å². The van der Waals surface area contributed by atoms with Crippen LogP contribution in [-0.4, -0.2) is 18.3 Å². The number of rotatable bonds is 3. The first-order valence-electron chi connectivity index (χ1n) is 6.35. The van der Waals surface area contributed by atoms with Gasteiger partial charge in [-0.2, -0.15) is 0 Å². The van der Waals surface area contributed by atoms with Gasteiger partial charge >= 0.3 is 0 Å². The molecule has 2 N–H and O–H groups in total. The Hall–Kier alpha value is -1.13. The Bertz CT molecular complexity index is 401. The quantitative estimate of drug-likeness (QED) is 0.842. The van der Waals surface area contributed by atoms with E-state index < -0.39 is 0 Å². The van der Waals surface area contributed by atoms with Crippen molar-refractivity contribution in [2.24, 2.45) is 0 Å². The largest absolute Gasteiger partial charge is 0.398 e. The molecule has 0 spiro atoms. The maximum Gasteiger partial charge on any atom is 0.123 e. The zero-order valence-corrected chi connectivity index (χ0v) is 10.9. The molecule has 0 radical (unpaired) electrons. The van der Waals surface area contributed by atoms with Gasteiger partial charge in [0, 0.05) is 11.3 Å². The Balaban J connectivity index is 1.92. The van der Waals surface area contributed by atoms with E-state index in [0.717, 1.165) is 12.8 Å². The molecule has 2 rings (SSSR count). The third-order valence-electron chi connectivity index (χ3n) is 3.23. The summed E-state index contributed by atoms with van der Waals surface area (Å²) in [6.45, 7) is 4.44. The number of hydrogen-bond donors (Lipinski definition) is 1. The van der Waals surface area contributed by atoms with Gasteiger partial charge < -0.3 is 15.2 Å². The molecule has 0 amide bonds. The Morgan fingerprint density at radius 3 is 2.67 bits per heavy atom. The molecule has 1 aliphatic heterocycles. The van der Waals surface area contributed by atoms with Gasteiger partial charge in [0.05, 0.1) is 24.9 Å². The summed E-state index contributed by atoms with van der Waals surface area (Å²) in [6, 6.07) is 4.36. The molecule has 1 aromatic carbocycles. The molecule has 3 nitrogen and oxygen atoms in total. The predicted molar refractivity (Wildman–Crippen MR) is 68.6 cm³/mol. The average molecular weight is 253 g/mol. The normalized spacial score (nSPS) is 28.3. The summed E-state index contributed by atoms with van der Waals surface area (Å²) in [5, 5.41) is 0. The number of benzene rings is 1. The van der Waals surface area contributed by atoms with Gasteiger partial charge in [0.1, 0.15) is 5.82 Å². The van der Waals surface area contributed by atoms with Gasteiger partial charge in [-0.1, -0.05) is 0 Å². The summed E-state index contributed by atoms with van der Waals surface area (Å²) in [5.74, 6) is -0.281. The van der Waals surface area contributed by atoms with Crippen LogP contribution >= 0.6 is 0 Å². The second-order valence-electron chi connectivity index (χ2n) is 5.00. The fraction of sp³-hybridized carbons (Fsp3) is 0.571. The highest BCUT2D eigenvalue weighted by Gasteiger charge is 2.25. The molecule has 1 aromatic rings. The van der Waals surface area contributed by atoms with Crippen LogP contribution in [0.25, 0.3) is 0 Å². The van der Waals surface area contributed by atoms with Gasteiger partial charge in [-0.3, -0.25) is 0 Å². The standard InChI is InChI=1S/C14H20FNO2/c1-9-5-13(6-10(2)18-9)17-8-11-7-12(15)3-4-14(11)16/h3-4,7,9-10,13H,5-6,8,16H2,1-2H3. The van der Waals surface area contributed by atoms with Gasteiger partial charge in [-0.05, 0) is 44.9 Å². The first-order valence-corrected chi connectivity index (χ1v) is 6.35. The lowest BCUT2D eigenvalue weighted by Gasteiger charge is -2.32. The van der Waals surface area contributed by atoms with E-state index in [1.807, 2.05) is 13.8 Å². The van der Waals surface area contributed by atoms with Crippen LogP contribution in [0.4, 0.5) is 10.1 Å². The minimum absolute atomic E-state index is 0.159. The van der Waals surface area contributed by atoms with Crippen LogP contribution in [0.15, 0.2) is 18.2 Å². The Morgan fingerprint density at radius 1 is 1.33 bits per heavy atom. The highest BCUT2D eigenvalue weighted by Crippen LogP contribution is 2.23. The number of halogens is 1. The maximum atomic E-state index is 13.1. The van der Waals surface area contributed by atoms with E-state index in [2.05, 4.69) is 0 Å². The summed E-state index contributed by atoms with van der Waals surface area (Å²) in [4.78, 5) is 0. The molecule has 1 fully saturated rings. The number of nitrogens with two attached hydrogens (primary N) is 1. The lowest BCUT2D eigenvalue weighted by atomic mass is 10.0. The smallest absolute Gasteiger partial charge is 0.123 e. The van der Waals surface area contributed by atoms with E-state index in [9.17, 15) is 4.39 Å². The van der Waals surface area contributed by atoms with Crippen molar-refractivity contribution in [1.29, 1.82) is 0 Å². The fourth-order valence-electron chi connectivity index (χ4n) is 2.39. The second-order valence-corrected chi connectivity index (χ2v) is 5.00. The summed E-state index contributed by atoms with van der Waals surface area (Å²) in [6.07, 6.45) is 2.33. The van der Waals surface area contributed by atoms with E-state index in [1.54, 1.807) is 6.07 Å². The molecule has 0 saturated carbocycles. The number of nitrogen functional groups attached to an aromatic ring is 1. The van der Waals surface area contributed by atoms with E-state index in [4.69, 9.17) is 15.2 Å². The summed E-state index contributed by atoms with van der Waals surface area (Å²) >= 11 is 0. The molecule has 0 aromatic heterocycles. The summed E-state index contributed by atoms with van der Waals surface area (Å²) in [7, 11) is 0. The predicted octanol–water partition coefficient (Wildman–Crippen LogP) is 2.88. The van der Waals surface area contributed by atoms with E-state index in [0.29, 0.717) is 17.9 Å². The highest BCUT2D eigenvalue weighted by atomic mass is 19.1. The van der Waals surface area contributed by atoms with Crippen molar-refractivity contribution in [2.75, 3.05) is 5.73 Å². The third-order valence-corrected chi connectivity index (χ3v) is 3.23. The Labute approximate surface area is 107 Å². The molecule has 1 heterocycles. The van der Waals surface area contributed by atoms with Gasteiger partial charge in [0.15, 0.2) is 0 Å². The minimum atomic E-state index is -0.281. The molecular formula is C14H20FNO2. The van der Waals surface area contributed by atoms with Crippen molar-refractivity contribution >= 4 is 5.69 Å². The van der Waals surface area contributed by atoms with Crippen molar-refractivity contribution in [3.8, 4) is 0 Å². The molecule has 2 unspecified atom stereocenters. The van der Waals surface area contributed by atoms with Crippen molar-refractivity contribution in [3.63, 3.8) is 0 Å². The van der Waals surface area contributed by atoms with Crippen LogP contribution in [0, 0.1) is 5.82 Å². The van der Waals surface area contributed by atoms with Crippen LogP contribution in [0.5, 0.6) is 0 Å². The fourth-order valence-corrected chi connectivity index (χ4v) is 2.39. The topological polar surface area (TPSA) is 44.5 Å². The van der Waals surface area contributed by atoms with E-state index in [-0.39, 0.29) is 24.1 Å². The van der Waals surface area contributed by atoms with Crippen LogP contribution in [-0.2, 0) is 16.1 Å². The summed E-state index contributed by atoms with van der Waals surface area (Å²) in [5.41, 5.74) is 7.07. The second kappa shape index (κ2) is 5.67. The lowest BCUT2D eigenvalue weighted by molar-refractivity contribution is -0.106. The van der Waals surface area contributed by atoms with Gasteiger partial charge in [-0.15, -0.1) is 0 Å². The summed E-state index contributed by atoms with van der Waals surface area (Å²) < 4.78 is 24.6. The lowest BCUT2D eigenvalue weighted by Crippen LogP contribution is -2.34. The molecule has 1 aliphatic rings. The zero-order valence-electron chi connectivity index (χ0n) is 10.9. The van der Waals surface area contributed by atoms with Crippen LogP contribution < -0.4 is 5.73 Å². The molecule has 4 heteroatoms. The Kier molecular flexibility index (Phi) is 4.19. The maximum absolute atomic E-state index is 13.1. The Morgan fingerprint density at radius 2 is 2.00 bits per heavy atom. The van der Waals surface area contributed by atoms with Gasteiger partial charge in [-0.25, -0.2) is 4.39 Å². The molecule has 2 atom stereocenters. The van der Waals surface area contributed by atoms with Crippen molar-refractivity contribution in [3.05, 3.63) is 29.6 Å². The number of hydrogen-bond acceptors (Lipinski definition) is 3. The SMILES string of the molecule is CC1CC(OCc2cc(F)ccc2N)CC(C)O1. The van der Waals surface area contributed by atoms with E-state index >= 15 is 0 Å². The zero-order chi connectivity index (χ0) is 13.1. The number of anilines is 1. The van der Waals surface area contributed by atoms with Gasteiger partial charge in [0.25, 0.3) is 0 Å². The van der Waals surface area contributed by atoms with Crippen molar-refractivity contribution in [2.45, 2.75) is 51.6 Å². The molecular weight excluding hydrogens is 233 g/mol. The van der Waals surface area contributed by atoms with Crippen LogP contribution in [0.2, 0.25) is 0 Å². The molecule has 1 saturated heterocycles. The average Bonchev–Trinajstić information content (AvgIpc) is 2.29. The van der Waals surface area contributed by atoms with E-state index in [1.165, 1.54) is 12.1 Å².